The van der Waals surface area contributed by atoms with Gasteiger partial charge in [-0.3, -0.25) is 15.5 Å². The molecule has 0 spiro atoms. The lowest BCUT2D eigenvalue weighted by Gasteiger charge is -2.05. The summed E-state index contributed by atoms with van der Waals surface area (Å²) in [6.07, 6.45) is 0. The van der Waals surface area contributed by atoms with Gasteiger partial charge in [-0.15, -0.1) is 11.3 Å². The first-order chi connectivity index (χ1) is 10.7. The SMILES string of the molecule is CC(=NNc1ccc(S(N)(=O)=O)cc1[N+](=O)[O-])c1ccc(Cl)s1. The van der Waals surface area contributed by atoms with Crippen LogP contribution in [0.1, 0.15) is 11.8 Å². The molecule has 0 radical (unpaired) electrons. The minimum atomic E-state index is -4.03. The fourth-order valence-corrected chi connectivity index (χ4v) is 3.16. The second-order valence-electron chi connectivity index (χ2n) is 4.39. The highest BCUT2D eigenvalue weighted by molar-refractivity contribution is 7.89. The zero-order valence-corrected chi connectivity index (χ0v) is 14.1. The van der Waals surface area contributed by atoms with Crippen molar-refractivity contribution in [3.8, 4) is 0 Å². The Morgan fingerprint density at radius 3 is 2.61 bits per heavy atom. The van der Waals surface area contributed by atoms with Gasteiger partial charge in [0.05, 0.1) is 24.7 Å². The lowest BCUT2D eigenvalue weighted by Crippen LogP contribution is -2.12. The molecule has 0 aliphatic carbocycles. The number of hydrazone groups is 1. The number of sulfonamides is 1. The first-order valence-electron chi connectivity index (χ1n) is 6.06. The molecule has 122 valence electrons. The van der Waals surface area contributed by atoms with Crippen molar-refractivity contribution >= 4 is 50.0 Å². The number of thiophene rings is 1. The van der Waals surface area contributed by atoms with E-state index in [4.69, 9.17) is 16.7 Å². The van der Waals surface area contributed by atoms with E-state index in [1.165, 1.54) is 17.4 Å². The number of hydrogen-bond acceptors (Lipinski definition) is 7. The number of anilines is 1. The summed E-state index contributed by atoms with van der Waals surface area (Å²) >= 11 is 7.15. The molecule has 3 N–H and O–H groups in total. The Kier molecular flexibility index (Phi) is 5.00. The van der Waals surface area contributed by atoms with Gasteiger partial charge in [0.2, 0.25) is 10.0 Å². The van der Waals surface area contributed by atoms with Gasteiger partial charge in [-0.2, -0.15) is 5.10 Å². The van der Waals surface area contributed by atoms with Crippen LogP contribution in [0.2, 0.25) is 4.34 Å². The summed E-state index contributed by atoms with van der Waals surface area (Å²) in [7, 11) is -4.03. The molecule has 8 nitrogen and oxygen atoms in total. The Hall–Kier alpha value is -2.01. The van der Waals surface area contributed by atoms with Gasteiger partial charge in [0, 0.05) is 6.07 Å². The molecule has 0 unspecified atom stereocenters. The van der Waals surface area contributed by atoms with Gasteiger partial charge >= 0.3 is 0 Å². The maximum atomic E-state index is 11.3. The van der Waals surface area contributed by atoms with Crippen LogP contribution < -0.4 is 10.6 Å². The monoisotopic (exact) mass is 374 g/mol. The molecular weight excluding hydrogens is 364 g/mol. The van der Waals surface area contributed by atoms with Crippen molar-refractivity contribution in [2.75, 3.05) is 5.43 Å². The lowest BCUT2D eigenvalue weighted by molar-refractivity contribution is -0.384. The van der Waals surface area contributed by atoms with Crippen LogP contribution in [-0.4, -0.2) is 19.1 Å². The number of hydrogen-bond donors (Lipinski definition) is 2. The van der Waals surface area contributed by atoms with E-state index >= 15 is 0 Å². The fraction of sp³-hybridized carbons (Fsp3) is 0.0833. The summed E-state index contributed by atoms with van der Waals surface area (Å²) in [5.41, 5.74) is 2.73. The van der Waals surface area contributed by atoms with Gasteiger partial charge in [-0.25, -0.2) is 13.6 Å². The van der Waals surface area contributed by atoms with Gasteiger partial charge in [-0.1, -0.05) is 11.6 Å². The van der Waals surface area contributed by atoms with Crippen molar-refractivity contribution in [3.05, 3.63) is 49.7 Å². The average Bonchev–Trinajstić information content (AvgIpc) is 2.90. The third kappa shape index (κ3) is 4.26. The van der Waals surface area contributed by atoms with Crippen molar-refractivity contribution in [3.63, 3.8) is 0 Å². The summed E-state index contributed by atoms with van der Waals surface area (Å²) in [5.74, 6) is 0. The minimum Gasteiger partial charge on any atom is -0.271 e. The number of primary sulfonamides is 1. The molecule has 0 saturated heterocycles. The third-order valence-corrected chi connectivity index (χ3v) is 5.02. The van der Waals surface area contributed by atoms with Crippen LogP contribution in [0.4, 0.5) is 11.4 Å². The van der Waals surface area contributed by atoms with Gasteiger partial charge in [-0.05, 0) is 31.2 Å². The number of benzene rings is 1. The molecule has 1 aromatic carbocycles. The molecule has 0 aliphatic heterocycles. The normalized spacial score (nSPS) is 12.2. The summed E-state index contributed by atoms with van der Waals surface area (Å²) < 4.78 is 23.1. The Morgan fingerprint density at radius 2 is 2.09 bits per heavy atom. The van der Waals surface area contributed by atoms with Gasteiger partial charge < -0.3 is 0 Å². The Morgan fingerprint density at radius 1 is 1.39 bits per heavy atom. The van der Waals surface area contributed by atoms with Gasteiger partial charge in [0.25, 0.3) is 5.69 Å². The zero-order valence-electron chi connectivity index (χ0n) is 11.7. The highest BCUT2D eigenvalue weighted by Gasteiger charge is 2.19. The number of nitrogens with zero attached hydrogens (tertiary/aromatic N) is 2. The zero-order chi connectivity index (χ0) is 17.2. The van der Waals surface area contributed by atoms with Crippen LogP contribution in [0.15, 0.2) is 40.3 Å². The first kappa shape index (κ1) is 17.3. The van der Waals surface area contributed by atoms with E-state index in [0.29, 0.717) is 10.0 Å². The molecule has 0 atom stereocenters. The summed E-state index contributed by atoms with van der Waals surface area (Å²) in [5, 5.41) is 20.1. The smallest absolute Gasteiger partial charge is 0.271 e. The van der Waals surface area contributed by atoms with Crippen LogP contribution in [0.25, 0.3) is 0 Å². The number of nitro groups is 1. The van der Waals surface area contributed by atoms with E-state index in [9.17, 15) is 18.5 Å². The van der Waals surface area contributed by atoms with Crippen LogP contribution in [-0.2, 0) is 10.0 Å². The van der Waals surface area contributed by atoms with Crippen molar-refractivity contribution in [2.45, 2.75) is 11.8 Å². The van der Waals surface area contributed by atoms with Crippen molar-refractivity contribution in [1.82, 2.24) is 0 Å². The third-order valence-electron chi connectivity index (χ3n) is 2.77. The van der Waals surface area contributed by atoms with E-state index in [-0.39, 0.29) is 10.6 Å². The number of nitrogens with two attached hydrogens (primary N) is 1. The molecule has 0 amide bonds. The maximum Gasteiger partial charge on any atom is 0.295 e. The second kappa shape index (κ2) is 6.62. The molecular formula is C12H11ClN4O4S2. The number of nitrogens with one attached hydrogen (secondary N) is 1. The fourth-order valence-electron chi connectivity index (χ4n) is 1.64. The van der Waals surface area contributed by atoms with Crippen LogP contribution in [0.3, 0.4) is 0 Å². The van der Waals surface area contributed by atoms with Crippen LogP contribution in [0, 0.1) is 10.1 Å². The Labute approximate surface area is 140 Å². The summed E-state index contributed by atoms with van der Waals surface area (Å²) in [6, 6.07) is 6.76. The Bertz CT molecular complexity index is 892. The largest absolute Gasteiger partial charge is 0.295 e. The highest BCUT2D eigenvalue weighted by atomic mass is 35.5. The number of halogens is 1. The number of nitro benzene ring substituents is 1. The average molecular weight is 375 g/mol. The first-order valence-corrected chi connectivity index (χ1v) is 8.80. The molecule has 0 fully saturated rings. The van der Waals surface area contributed by atoms with Crippen LogP contribution >= 0.6 is 22.9 Å². The van der Waals surface area contributed by atoms with Crippen molar-refractivity contribution in [1.29, 1.82) is 0 Å². The van der Waals surface area contributed by atoms with E-state index < -0.39 is 20.6 Å². The van der Waals surface area contributed by atoms with Crippen LogP contribution in [0.5, 0.6) is 0 Å². The molecule has 23 heavy (non-hydrogen) atoms. The highest BCUT2D eigenvalue weighted by Crippen LogP contribution is 2.28. The summed E-state index contributed by atoms with van der Waals surface area (Å²) in [4.78, 5) is 10.8. The standard InChI is InChI=1S/C12H11ClN4O4S2/c1-7(11-4-5-12(13)22-11)15-16-9-3-2-8(23(14,20)21)6-10(9)17(18)19/h2-6,16H,1H3,(H2,14,20,21). The van der Waals surface area contributed by atoms with Gasteiger partial charge in [0.15, 0.2) is 0 Å². The maximum absolute atomic E-state index is 11.3. The topological polar surface area (TPSA) is 128 Å². The quantitative estimate of drug-likeness (QED) is 0.472. The molecule has 11 heteroatoms. The van der Waals surface area contributed by atoms with E-state index in [2.05, 4.69) is 10.5 Å². The van der Waals surface area contributed by atoms with Crippen molar-refractivity contribution in [2.24, 2.45) is 10.2 Å². The van der Waals surface area contributed by atoms with E-state index in [1.54, 1.807) is 19.1 Å². The molecule has 2 rings (SSSR count). The number of rotatable bonds is 5. The Balaban J connectivity index is 2.34. The van der Waals surface area contributed by atoms with E-state index in [1.807, 2.05) is 0 Å². The second-order valence-corrected chi connectivity index (χ2v) is 7.67. The van der Waals surface area contributed by atoms with E-state index in [0.717, 1.165) is 17.0 Å². The molecule has 2 aromatic rings. The lowest BCUT2D eigenvalue weighted by atomic mass is 10.3. The van der Waals surface area contributed by atoms with Gasteiger partial charge in [0.1, 0.15) is 5.69 Å². The molecule has 0 aliphatic rings. The predicted molar refractivity (Wildman–Crippen MR) is 89.6 cm³/mol. The summed E-state index contributed by atoms with van der Waals surface area (Å²) in [6.45, 7) is 1.71. The molecule has 0 saturated carbocycles. The van der Waals surface area contributed by atoms with Crippen molar-refractivity contribution < 1.29 is 13.3 Å². The molecule has 1 heterocycles. The minimum absolute atomic E-state index is 0.0457. The molecule has 1 aromatic heterocycles. The predicted octanol–water partition coefficient (Wildman–Crippen LogP) is 2.79. The molecule has 0 bridgehead atoms.